The van der Waals surface area contributed by atoms with Crippen LogP contribution in [0.15, 0.2) is 28.0 Å². The molecule has 1 aliphatic heterocycles. The minimum absolute atomic E-state index is 0.000736. The molecule has 1 atom stereocenters. The van der Waals surface area contributed by atoms with E-state index in [-0.39, 0.29) is 17.2 Å². The third-order valence-corrected chi connectivity index (χ3v) is 5.31. The Morgan fingerprint density at radius 2 is 2.04 bits per heavy atom. The highest BCUT2D eigenvalue weighted by atomic mass is 16.1. The van der Waals surface area contributed by atoms with E-state index in [1.54, 1.807) is 30.2 Å². The highest BCUT2D eigenvalue weighted by Crippen LogP contribution is 2.21. The SMILES string of the molecule is Cn1cnc(CN2CCCC2Cn2nc3c(cc2=O)CCC3)cc1=O. The van der Waals surface area contributed by atoms with Crippen molar-refractivity contribution in [2.24, 2.45) is 7.05 Å². The molecule has 0 aromatic carbocycles. The lowest BCUT2D eigenvalue weighted by Crippen LogP contribution is -2.37. The lowest BCUT2D eigenvalue weighted by molar-refractivity contribution is 0.213. The van der Waals surface area contributed by atoms with Crippen LogP contribution in [0.1, 0.15) is 36.2 Å². The molecule has 3 heterocycles. The second-order valence-electron chi connectivity index (χ2n) is 7.09. The van der Waals surface area contributed by atoms with Gasteiger partial charge in [0.1, 0.15) is 0 Å². The molecule has 7 nitrogen and oxygen atoms in total. The second-order valence-corrected chi connectivity index (χ2v) is 7.09. The van der Waals surface area contributed by atoms with Crippen molar-refractivity contribution in [3.05, 3.63) is 56.1 Å². The summed E-state index contributed by atoms with van der Waals surface area (Å²) in [7, 11) is 1.70. The van der Waals surface area contributed by atoms with Gasteiger partial charge in [0, 0.05) is 31.8 Å². The zero-order valence-electron chi connectivity index (χ0n) is 14.5. The number of fused-ring (bicyclic) bond motifs is 1. The van der Waals surface area contributed by atoms with Crippen LogP contribution >= 0.6 is 0 Å². The number of hydrogen-bond donors (Lipinski definition) is 0. The number of aryl methyl sites for hydroxylation is 3. The van der Waals surface area contributed by atoms with Crippen LogP contribution in [0.5, 0.6) is 0 Å². The summed E-state index contributed by atoms with van der Waals surface area (Å²) in [4.78, 5) is 30.8. The maximum Gasteiger partial charge on any atom is 0.267 e. The molecule has 1 saturated heterocycles. The van der Waals surface area contributed by atoms with Crippen molar-refractivity contribution in [1.29, 1.82) is 0 Å². The predicted octanol–water partition coefficient (Wildman–Crippen LogP) is 0.490. The van der Waals surface area contributed by atoms with Crippen molar-refractivity contribution in [1.82, 2.24) is 24.2 Å². The zero-order valence-corrected chi connectivity index (χ0v) is 14.5. The summed E-state index contributed by atoms with van der Waals surface area (Å²) in [6.07, 6.45) is 6.74. The number of aromatic nitrogens is 4. The summed E-state index contributed by atoms with van der Waals surface area (Å²) in [5.74, 6) is 0. The Bertz CT molecular complexity index is 901. The smallest absolute Gasteiger partial charge is 0.267 e. The summed E-state index contributed by atoms with van der Waals surface area (Å²) in [6, 6.07) is 3.61. The van der Waals surface area contributed by atoms with Crippen molar-refractivity contribution in [3.63, 3.8) is 0 Å². The van der Waals surface area contributed by atoms with Gasteiger partial charge in [0.2, 0.25) is 0 Å². The number of hydrogen-bond acceptors (Lipinski definition) is 5. The molecular formula is C18H23N5O2. The van der Waals surface area contributed by atoms with Crippen LogP contribution in [0.25, 0.3) is 0 Å². The molecule has 4 rings (SSSR count). The van der Waals surface area contributed by atoms with Gasteiger partial charge < -0.3 is 4.57 Å². The molecule has 1 aliphatic carbocycles. The average Bonchev–Trinajstić information content (AvgIpc) is 3.21. The van der Waals surface area contributed by atoms with Gasteiger partial charge in [-0.15, -0.1) is 0 Å². The van der Waals surface area contributed by atoms with Gasteiger partial charge in [-0.05, 0) is 44.2 Å². The van der Waals surface area contributed by atoms with Gasteiger partial charge in [-0.1, -0.05) is 0 Å². The van der Waals surface area contributed by atoms with Crippen LogP contribution in [0.2, 0.25) is 0 Å². The monoisotopic (exact) mass is 341 g/mol. The van der Waals surface area contributed by atoms with Crippen molar-refractivity contribution in [3.8, 4) is 0 Å². The predicted molar refractivity (Wildman–Crippen MR) is 93.4 cm³/mol. The van der Waals surface area contributed by atoms with E-state index in [0.29, 0.717) is 13.1 Å². The number of rotatable bonds is 4. The van der Waals surface area contributed by atoms with Crippen LogP contribution in [0.3, 0.4) is 0 Å². The van der Waals surface area contributed by atoms with Crippen LogP contribution in [0.4, 0.5) is 0 Å². The first kappa shape index (κ1) is 16.2. The Morgan fingerprint density at radius 1 is 1.16 bits per heavy atom. The fraction of sp³-hybridized carbons (Fsp3) is 0.556. The highest BCUT2D eigenvalue weighted by Gasteiger charge is 2.26. The standard InChI is InChI=1S/C18H23N5O2/c1-21-12-19-14(9-17(21)24)10-22-7-3-5-15(22)11-23-18(25)8-13-4-2-6-16(13)20-23/h8-9,12,15H,2-7,10-11H2,1H3. The summed E-state index contributed by atoms with van der Waals surface area (Å²) < 4.78 is 3.10. The largest absolute Gasteiger partial charge is 0.302 e. The van der Waals surface area contributed by atoms with Crippen LogP contribution in [0, 0.1) is 0 Å². The fourth-order valence-corrected chi connectivity index (χ4v) is 3.87. The third kappa shape index (κ3) is 3.28. The lowest BCUT2D eigenvalue weighted by atomic mass is 10.2. The first-order chi connectivity index (χ1) is 12.1. The van der Waals surface area contributed by atoms with Crippen LogP contribution < -0.4 is 11.1 Å². The van der Waals surface area contributed by atoms with E-state index in [1.165, 1.54) is 4.57 Å². The van der Waals surface area contributed by atoms with Gasteiger partial charge >= 0.3 is 0 Å². The molecule has 0 amide bonds. The maximum absolute atomic E-state index is 12.3. The van der Waals surface area contributed by atoms with Crippen molar-refractivity contribution < 1.29 is 0 Å². The van der Waals surface area contributed by atoms with E-state index >= 15 is 0 Å². The first-order valence-corrected chi connectivity index (χ1v) is 8.96. The topological polar surface area (TPSA) is 73.0 Å². The third-order valence-electron chi connectivity index (χ3n) is 5.31. The van der Waals surface area contributed by atoms with E-state index in [0.717, 1.165) is 55.6 Å². The second kappa shape index (κ2) is 6.55. The molecule has 2 aromatic heterocycles. The number of nitrogens with zero attached hydrogens (tertiary/aromatic N) is 5. The normalized spacial score (nSPS) is 20.1. The molecule has 1 fully saturated rings. The summed E-state index contributed by atoms with van der Waals surface area (Å²) in [5.41, 5.74) is 2.94. The molecule has 1 unspecified atom stereocenters. The van der Waals surface area contributed by atoms with Gasteiger partial charge in [0.25, 0.3) is 11.1 Å². The Labute approximate surface area is 145 Å². The minimum Gasteiger partial charge on any atom is -0.302 e. The Kier molecular flexibility index (Phi) is 4.25. The van der Waals surface area contributed by atoms with Gasteiger partial charge in [-0.2, -0.15) is 5.10 Å². The maximum atomic E-state index is 12.3. The quantitative estimate of drug-likeness (QED) is 0.809. The van der Waals surface area contributed by atoms with E-state index in [4.69, 9.17) is 0 Å². The molecule has 0 bridgehead atoms. The fourth-order valence-electron chi connectivity index (χ4n) is 3.87. The Morgan fingerprint density at radius 3 is 2.88 bits per heavy atom. The molecule has 25 heavy (non-hydrogen) atoms. The minimum atomic E-state index is -0.0442. The van der Waals surface area contributed by atoms with Gasteiger partial charge in [-0.3, -0.25) is 14.5 Å². The molecule has 7 heteroatoms. The van der Waals surface area contributed by atoms with Gasteiger partial charge in [-0.25, -0.2) is 9.67 Å². The zero-order chi connectivity index (χ0) is 17.4. The molecular weight excluding hydrogens is 318 g/mol. The van der Waals surface area contributed by atoms with Gasteiger partial charge in [0.05, 0.1) is 24.3 Å². The highest BCUT2D eigenvalue weighted by molar-refractivity contribution is 5.22. The summed E-state index contributed by atoms with van der Waals surface area (Å²) in [5, 5.41) is 4.59. The van der Waals surface area contributed by atoms with Gasteiger partial charge in [0.15, 0.2) is 0 Å². The Hall–Kier alpha value is -2.28. The molecule has 132 valence electrons. The lowest BCUT2D eigenvalue weighted by Gasteiger charge is -2.24. The summed E-state index contributed by atoms with van der Waals surface area (Å²) in [6.45, 7) is 2.21. The van der Waals surface area contributed by atoms with E-state index in [9.17, 15) is 9.59 Å². The van der Waals surface area contributed by atoms with Crippen LogP contribution in [-0.4, -0.2) is 36.8 Å². The van der Waals surface area contributed by atoms with Crippen molar-refractivity contribution in [2.45, 2.75) is 51.2 Å². The molecule has 0 spiro atoms. The number of likely N-dealkylation sites (tertiary alicyclic amines) is 1. The Balaban J connectivity index is 1.51. The van der Waals surface area contributed by atoms with Crippen molar-refractivity contribution in [2.75, 3.05) is 6.54 Å². The van der Waals surface area contributed by atoms with E-state index < -0.39 is 0 Å². The molecule has 0 N–H and O–H groups in total. The molecule has 0 saturated carbocycles. The average molecular weight is 341 g/mol. The van der Waals surface area contributed by atoms with E-state index in [1.807, 2.05) is 0 Å². The van der Waals surface area contributed by atoms with Crippen molar-refractivity contribution >= 4 is 0 Å². The molecule has 2 aromatic rings. The van der Waals surface area contributed by atoms with Crippen LogP contribution in [-0.2, 0) is 33.0 Å². The first-order valence-electron chi connectivity index (χ1n) is 8.96. The van der Waals surface area contributed by atoms with E-state index in [2.05, 4.69) is 15.0 Å². The molecule has 2 aliphatic rings. The molecule has 0 radical (unpaired) electrons. The summed E-state index contributed by atoms with van der Waals surface area (Å²) >= 11 is 0.